The van der Waals surface area contributed by atoms with Crippen molar-refractivity contribution in [3.8, 4) is 34.4 Å². The highest BCUT2D eigenvalue weighted by Gasteiger charge is 2.25. The number of para-hydroxylation sites is 5. The van der Waals surface area contributed by atoms with E-state index in [1.165, 1.54) is 21.5 Å². The van der Waals surface area contributed by atoms with Gasteiger partial charge in [0.1, 0.15) is 16.7 Å². The maximum atomic E-state index is 6.97. The number of hydrogen-bond donors (Lipinski definition) is 0. The van der Waals surface area contributed by atoms with Crippen molar-refractivity contribution in [1.82, 2.24) is 24.1 Å². The van der Waals surface area contributed by atoms with Gasteiger partial charge in [0.25, 0.3) is 0 Å². The topological polar surface area (TPSA) is 74.8 Å². The van der Waals surface area contributed by atoms with E-state index in [0.717, 1.165) is 93.5 Å². The first-order valence-corrected chi connectivity index (χ1v) is 20.8. The van der Waals surface area contributed by atoms with Gasteiger partial charge in [0.2, 0.25) is 5.95 Å². The Morgan fingerprint density at radius 3 is 1.55 bits per heavy atom. The molecule has 0 fully saturated rings. The Morgan fingerprint density at radius 1 is 0.339 bits per heavy atom. The number of benzene rings is 9. The molecule has 0 amide bonds. The first kappa shape index (κ1) is 33.3. The molecule has 7 heteroatoms. The van der Waals surface area contributed by atoms with Crippen LogP contribution in [0.4, 0.5) is 0 Å². The molecule has 7 nitrogen and oxygen atoms in total. The summed E-state index contributed by atoms with van der Waals surface area (Å²) < 4.78 is 17.9. The predicted octanol–water partition coefficient (Wildman–Crippen LogP) is 14.4. The molecule has 0 unspecified atom stereocenters. The molecule has 0 aliphatic rings. The second-order valence-electron chi connectivity index (χ2n) is 15.9. The van der Waals surface area contributed by atoms with Gasteiger partial charge in [-0.1, -0.05) is 127 Å². The third-order valence-electron chi connectivity index (χ3n) is 12.6. The van der Waals surface area contributed by atoms with Gasteiger partial charge >= 0.3 is 0 Å². The molecule has 0 aliphatic carbocycles. The molecule has 14 aromatic rings. The molecule has 0 atom stereocenters. The van der Waals surface area contributed by atoms with Crippen LogP contribution < -0.4 is 0 Å². The molecule has 62 heavy (non-hydrogen) atoms. The van der Waals surface area contributed by atoms with Crippen molar-refractivity contribution in [1.29, 1.82) is 0 Å². The lowest BCUT2D eigenvalue weighted by molar-refractivity contribution is 0.666. The summed E-state index contributed by atoms with van der Waals surface area (Å²) in [7, 11) is 0. The summed E-state index contributed by atoms with van der Waals surface area (Å²) in [5.41, 5.74) is 10.00. The van der Waals surface area contributed by atoms with Crippen molar-refractivity contribution in [3.63, 3.8) is 0 Å². The van der Waals surface area contributed by atoms with Gasteiger partial charge in [-0.05, 0) is 71.4 Å². The maximum absolute atomic E-state index is 6.97. The molecule has 5 heterocycles. The van der Waals surface area contributed by atoms with Crippen molar-refractivity contribution in [2.75, 3.05) is 0 Å². The SMILES string of the molecule is c1ccc2cc3c(cc2c1)c1ccccc1n3-c1ccc(-c2nc(-c3cccc4oc5ccccc5c34)nc(-n3c4ccccc4c4ccccc43)n2)c2c1oc1ccccc12. The highest BCUT2D eigenvalue weighted by Crippen LogP contribution is 2.44. The summed E-state index contributed by atoms with van der Waals surface area (Å²) in [6.45, 7) is 0. The van der Waals surface area contributed by atoms with Gasteiger partial charge in [0.05, 0.1) is 27.8 Å². The standard InChI is InChI=1S/C55H31N5O2/c1-2-15-33-31-46-41(30-32(33)14-1)36-18-5-8-22-42(36)59(46)45-29-28-40(51-38-20-7-12-26-48(38)62-52(45)51)54-56-53(39-21-13-27-49-50(39)37-19-6-11-25-47(37)61-49)57-55(58-54)60-43-23-9-3-16-34(43)35-17-4-10-24-44(35)60/h1-31H. The molecule has 0 radical (unpaired) electrons. The van der Waals surface area contributed by atoms with Gasteiger partial charge < -0.3 is 13.4 Å². The van der Waals surface area contributed by atoms with Gasteiger partial charge in [-0.3, -0.25) is 4.57 Å². The van der Waals surface area contributed by atoms with Gasteiger partial charge in [0, 0.05) is 54.2 Å². The lowest BCUT2D eigenvalue weighted by atomic mass is 10.0. The lowest BCUT2D eigenvalue weighted by Gasteiger charge is -2.14. The first-order chi connectivity index (χ1) is 30.7. The fourth-order valence-electron chi connectivity index (χ4n) is 9.90. The smallest absolute Gasteiger partial charge is 0.238 e. The summed E-state index contributed by atoms with van der Waals surface area (Å²) in [5, 5.41) is 10.9. The van der Waals surface area contributed by atoms with E-state index in [-0.39, 0.29) is 0 Å². The molecule has 9 aromatic carbocycles. The number of rotatable bonds is 4. The highest BCUT2D eigenvalue weighted by atomic mass is 16.3. The van der Waals surface area contributed by atoms with E-state index < -0.39 is 0 Å². The van der Waals surface area contributed by atoms with Crippen molar-refractivity contribution in [2.24, 2.45) is 0 Å². The molecule has 0 N–H and O–H groups in total. The lowest BCUT2D eigenvalue weighted by Crippen LogP contribution is -2.07. The highest BCUT2D eigenvalue weighted by molar-refractivity contribution is 6.18. The fraction of sp³-hybridized carbons (Fsp3) is 0. The minimum atomic E-state index is 0.520. The zero-order chi connectivity index (χ0) is 40.5. The Balaban J connectivity index is 1.10. The minimum absolute atomic E-state index is 0.520. The zero-order valence-electron chi connectivity index (χ0n) is 33.0. The number of furan rings is 2. The normalized spacial score (nSPS) is 12.2. The monoisotopic (exact) mass is 793 g/mol. The third kappa shape index (κ3) is 4.61. The van der Waals surface area contributed by atoms with Crippen LogP contribution in [0, 0.1) is 0 Å². The summed E-state index contributed by atoms with van der Waals surface area (Å²) in [4.78, 5) is 16.2. The van der Waals surface area contributed by atoms with E-state index in [1.54, 1.807) is 0 Å². The second-order valence-corrected chi connectivity index (χ2v) is 15.9. The number of nitrogens with zero attached hydrogens (tertiary/aromatic N) is 5. The predicted molar refractivity (Wildman–Crippen MR) is 251 cm³/mol. The average molecular weight is 794 g/mol. The van der Waals surface area contributed by atoms with E-state index in [0.29, 0.717) is 17.6 Å². The van der Waals surface area contributed by atoms with E-state index in [9.17, 15) is 0 Å². The van der Waals surface area contributed by atoms with Crippen LogP contribution in [0.3, 0.4) is 0 Å². The van der Waals surface area contributed by atoms with Gasteiger partial charge in [-0.2, -0.15) is 9.97 Å². The quantitative estimate of drug-likeness (QED) is 0.177. The zero-order valence-corrected chi connectivity index (χ0v) is 33.0. The number of aromatic nitrogens is 5. The minimum Gasteiger partial charge on any atom is -0.456 e. The molecule has 0 bridgehead atoms. The van der Waals surface area contributed by atoms with E-state index in [2.05, 4.69) is 155 Å². The molecule has 288 valence electrons. The Bertz CT molecular complexity index is 4130. The van der Waals surface area contributed by atoms with Crippen molar-refractivity contribution in [2.45, 2.75) is 0 Å². The summed E-state index contributed by atoms with van der Waals surface area (Å²) in [5.74, 6) is 1.60. The van der Waals surface area contributed by atoms with Crippen LogP contribution >= 0.6 is 0 Å². The van der Waals surface area contributed by atoms with Crippen LogP contribution in [-0.4, -0.2) is 24.1 Å². The van der Waals surface area contributed by atoms with Crippen LogP contribution in [0.25, 0.3) is 133 Å². The van der Waals surface area contributed by atoms with Crippen molar-refractivity contribution < 1.29 is 8.83 Å². The van der Waals surface area contributed by atoms with Crippen LogP contribution in [-0.2, 0) is 0 Å². The molecule has 0 aliphatic heterocycles. The van der Waals surface area contributed by atoms with E-state index in [1.807, 2.05) is 42.5 Å². The summed E-state index contributed by atoms with van der Waals surface area (Å²) in [6, 6.07) is 65.4. The molecular weight excluding hydrogens is 763 g/mol. The van der Waals surface area contributed by atoms with Gasteiger partial charge in [-0.25, -0.2) is 4.98 Å². The summed E-state index contributed by atoms with van der Waals surface area (Å²) in [6.07, 6.45) is 0. The Labute approximate surface area is 352 Å². The summed E-state index contributed by atoms with van der Waals surface area (Å²) >= 11 is 0. The van der Waals surface area contributed by atoms with Gasteiger partial charge in [0.15, 0.2) is 17.2 Å². The van der Waals surface area contributed by atoms with Crippen LogP contribution in [0.5, 0.6) is 0 Å². The van der Waals surface area contributed by atoms with Crippen LogP contribution in [0.2, 0.25) is 0 Å². The molecule has 5 aromatic heterocycles. The largest absolute Gasteiger partial charge is 0.456 e. The average Bonchev–Trinajstić information content (AvgIpc) is 4.08. The van der Waals surface area contributed by atoms with E-state index >= 15 is 0 Å². The van der Waals surface area contributed by atoms with Crippen molar-refractivity contribution in [3.05, 3.63) is 188 Å². The fourth-order valence-corrected chi connectivity index (χ4v) is 9.90. The Hall–Kier alpha value is -8.55. The molecule has 0 saturated carbocycles. The molecular formula is C55H31N5O2. The first-order valence-electron chi connectivity index (χ1n) is 20.8. The van der Waals surface area contributed by atoms with E-state index in [4.69, 9.17) is 23.8 Å². The Kier molecular flexibility index (Phi) is 6.71. The second kappa shape index (κ2) is 12.5. The third-order valence-corrected chi connectivity index (χ3v) is 12.6. The maximum Gasteiger partial charge on any atom is 0.238 e. The molecule has 14 rings (SSSR count). The number of hydrogen-bond acceptors (Lipinski definition) is 5. The van der Waals surface area contributed by atoms with Gasteiger partial charge in [-0.15, -0.1) is 0 Å². The Morgan fingerprint density at radius 2 is 0.855 bits per heavy atom. The van der Waals surface area contributed by atoms with Crippen LogP contribution in [0.1, 0.15) is 0 Å². The molecule has 0 spiro atoms. The van der Waals surface area contributed by atoms with Crippen molar-refractivity contribution >= 4 is 98.3 Å². The number of fused-ring (bicyclic) bond motifs is 13. The molecule has 0 saturated heterocycles. The van der Waals surface area contributed by atoms with Crippen LogP contribution in [0.15, 0.2) is 197 Å².